The lowest BCUT2D eigenvalue weighted by molar-refractivity contribution is -0.138. The molecule has 2 aromatic rings. The Hall–Kier alpha value is -3.32. The number of unbranched alkanes of at least 4 members (excludes halogenated alkanes) is 3. The first-order valence-electron chi connectivity index (χ1n) is 14.8. The Morgan fingerprint density at radius 2 is 1.55 bits per heavy atom. The number of benzene rings is 2. The minimum Gasteiger partial charge on any atom is -0.462 e. The van der Waals surface area contributed by atoms with Crippen molar-refractivity contribution in [2.75, 3.05) is 24.7 Å². The van der Waals surface area contributed by atoms with Crippen molar-refractivity contribution in [3.8, 4) is 0 Å². The molecule has 0 aromatic heterocycles. The quantitative estimate of drug-likeness (QED) is 0.106. The van der Waals surface area contributed by atoms with Gasteiger partial charge in [0, 0.05) is 30.0 Å². The zero-order valence-electron chi connectivity index (χ0n) is 24.1. The number of nitrogen functional groups attached to an aromatic ring is 2. The third-order valence-electron chi connectivity index (χ3n) is 7.36. The number of esters is 2. The summed E-state index contributed by atoms with van der Waals surface area (Å²) in [5.41, 5.74) is 15.4. The van der Waals surface area contributed by atoms with Crippen LogP contribution in [0.4, 0.5) is 11.4 Å². The highest BCUT2D eigenvalue weighted by atomic mass is 16.5. The molecule has 1 atom stereocenters. The maximum absolute atomic E-state index is 12.6. The summed E-state index contributed by atoms with van der Waals surface area (Å²) in [6.45, 7) is 5.39. The predicted octanol–water partition coefficient (Wildman–Crippen LogP) is 7.06. The molecular weight excluding hydrogens is 504 g/mol. The topological polar surface area (TPSA) is 114 Å². The monoisotopic (exact) mass is 550 g/mol. The van der Waals surface area contributed by atoms with Gasteiger partial charge >= 0.3 is 11.9 Å². The number of nitrogens with two attached hydrogens (primary N) is 2. The highest BCUT2D eigenvalue weighted by Crippen LogP contribution is 2.27. The largest absolute Gasteiger partial charge is 0.462 e. The van der Waals surface area contributed by atoms with E-state index in [-0.39, 0.29) is 30.7 Å². The molecule has 0 bridgehead atoms. The lowest BCUT2D eigenvalue weighted by Gasteiger charge is -2.28. The van der Waals surface area contributed by atoms with Crippen molar-refractivity contribution in [1.82, 2.24) is 0 Å². The molecule has 2 aromatic carbocycles. The van der Waals surface area contributed by atoms with Crippen LogP contribution in [0.25, 0.3) is 6.08 Å². The van der Waals surface area contributed by atoms with Crippen molar-refractivity contribution in [2.24, 2.45) is 0 Å². The summed E-state index contributed by atoms with van der Waals surface area (Å²) in [5, 5.41) is 0. The summed E-state index contributed by atoms with van der Waals surface area (Å²) >= 11 is 0. The molecule has 0 saturated heterocycles. The lowest BCUT2D eigenvalue weighted by atomic mass is 9.93. The van der Waals surface area contributed by atoms with Crippen LogP contribution in [0.2, 0.25) is 0 Å². The SMILES string of the molecule is CCCCCOC1CCC(OC(=O)c2ccc(/C=C/C(=O)OCC(CCCC)c3cc(N)cc(N)c3)cc2)CC1. The number of hydrogen-bond donors (Lipinski definition) is 2. The molecule has 7 nitrogen and oxygen atoms in total. The van der Waals surface area contributed by atoms with Crippen LogP contribution in [0.5, 0.6) is 0 Å². The Kier molecular flexibility index (Phi) is 13.0. The van der Waals surface area contributed by atoms with Crippen molar-refractivity contribution in [3.63, 3.8) is 0 Å². The van der Waals surface area contributed by atoms with E-state index in [1.807, 2.05) is 12.1 Å². The maximum atomic E-state index is 12.6. The first-order chi connectivity index (χ1) is 19.4. The zero-order valence-corrected chi connectivity index (χ0v) is 24.1. The van der Waals surface area contributed by atoms with E-state index in [2.05, 4.69) is 13.8 Å². The van der Waals surface area contributed by atoms with E-state index in [9.17, 15) is 9.59 Å². The summed E-state index contributed by atoms with van der Waals surface area (Å²) in [5.74, 6) is -0.712. The standard InChI is InChI=1S/C33H46N2O5/c1-3-5-7-19-38-30-14-16-31(17-15-30)40-33(37)25-12-9-24(10-13-25)11-18-32(36)39-23-26(8-6-4-2)27-20-28(34)22-29(35)21-27/h9-13,18,20-22,26,30-31H,3-8,14-17,19,23,34-35H2,1-2H3/b18-11+. The molecule has 0 heterocycles. The van der Waals surface area contributed by atoms with Crippen LogP contribution in [-0.4, -0.2) is 37.4 Å². The summed E-state index contributed by atoms with van der Waals surface area (Å²) in [6.07, 6.45) is 13.2. The fourth-order valence-electron chi connectivity index (χ4n) is 5.00. The average Bonchev–Trinajstić information content (AvgIpc) is 2.95. The maximum Gasteiger partial charge on any atom is 0.338 e. The van der Waals surface area contributed by atoms with Gasteiger partial charge in [0.15, 0.2) is 0 Å². The summed E-state index contributed by atoms with van der Waals surface area (Å²) in [4.78, 5) is 25.1. The highest BCUT2D eigenvalue weighted by Gasteiger charge is 2.24. The van der Waals surface area contributed by atoms with Crippen LogP contribution in [0.3, 0.4) is 0 Å². The van der Waals surface area contributed by atoms with Gasteiger partial charge in [0.2, 0.25) is 0 Å². The van der Waals surface area contributed by atoms with Crippen molar-refractivity contribution >= 4 is 29.4 Å². The third kappa shape index (κ3) is 10.7. The van der Waals surface area contributed by atoms with E-state index in [0.29, 0.717) is 16.9 Å². The molecule has 0 amide bonds. The van der Waals surface area contributed by atoms with Gasteiger partial charge < -0.3 is 25.7 Å². The normalized spacial score (nSPS) is 17.9. The first-order valence-corrected chi connectivity index (χ1v) is 14.8. The number of anilines is 2. The van der Waals surface area contributed by atoms with E-state index >= 15 is 0 Å². The molecule has 1 saturated carbocycles. The number of carbonyl (C=O) groups is 2. The lowest BCUT2D eigenvalue weighted by Crippen LogP contribution is -2.28. The van der Waals surface area contributed by atoms with Crippen LogP contribution in [-0.2, 0) is 19.0 Å². The summed E-state index contributed by atoms with van der Waals surface area (Å²) in [7, 11) is 0. The molecule has 0 aliphatic heterocycles. The zero-order chi connectivity index (χ0) is 28.7. The molecule has 1 fully saturated rings. The van der Waals surface area contributed by atoms with Crippen molar-refractivity contribution in [1.29, 1.82) is 0 Å². The van der Waals surface area contributed by atoms with Crippen molar-refractivity contribution in [3.05, 3.63) is 65.2 Å². The number of rotatable bonds is 15. The van der Waals surface area contributed by atoms with Crippen LogP contribution in [0.1, 0.15) is 105 Å². The summed E-state index contributed by atoms with van der Waals surface area (Å²) < 4.78 is 17.2. The third-order valence-corrected chi connectivity index (χ3v) is 7.36. The first kappa shape index (κ1) is 31.2. The Morgan fingerprint density at radius 1 is 0.900 bits per heavy atom. The molecule has 1 unspecified atom stereocenters. The van der Waals surface area contributed by atoms with Gasteiger partial charge in [0.05, 0.1) is 18.3 Å². The Morgan fingerprint density at radius 3 is 2.20 bits per heavy atom. The van der Waals surface area contributed by atoms with E-state index in [1.54, 1.807) is 36.4 Å². The number of ether oxygens (including phenoxy) is 3. The molecule has 7 heteroatoms. The predicted molar refractivity (Wildman–Crippen MR) is 161 cm³/mol. The van der Waals surface area contributed by atoms with Crippen LogP contribution in [0, 0.1) is 0 Å². The molecule has 1 aliphatic rings. The fourth-order valence-corrected chi connectivity index (χ4v) is 5.00. The van der Waals surface area contributed by atoms with Gasteiger partial charge in [-0.2, -0.15) is 0 Å². The second-order valence-corrected chi connectivity index (χ2v) is 10.7. The second kappa shape index (κ2) is 16.7. The number of carbonyl (C=O) groups excluding carboxylic acids is 2. The van der Waals surface area contributed by atoms with Crippen LogP contribution in [0.15, 0.2) is 48.5 Å². The van der Waals surface area contributed by atoms with Crippen molar-refractivity contribution < 1.29 is 23.8 Å². The van der Waals surface area contributed by atoms with E-state index in [0.717, 1.165) is 69.1 Å². The average molecular weight is 551 g/mol. The van der Waals surface area contributed by atoms with Gasteiger partial charge in [-0.3, -0.25) is 0 Å². The number of hydrogen-bond acceptors (Lipinski definition) is 7. The minimum atomic E-state index is -0.424. The Labute approximate surface area is 239 Å². The van der Waals surface area contributed by atoms with E-state index in [4.69, 9.17) is 25.7 Å². The van der Waals surface area contributed by atoms with Gasteiger partial charge in [-0.25, -0.2) is 9.59 Å². The fraction of sp³-hybridized carbons (Fsp3) is 0.515. The van der Waals surface area contributed by atoms with Gasteiger partial charge in [-0.1, -0.05) is 51.7 Å². The smallest absolute Gasteiger partial charge is 0.338 e. The van der Waals surface area contributed by atoms with Gasteiger partial charge in [-0.15, -0.1) is 0 Å². The molecule has 40 heavy (non-hydrogen) atoms. The van der Waals surface area contributed by atoms with E-state index in [1.165, 1.54) is 18.9 Å². The molecule has 1 aliphatic carbocycles. The summed E-state index contributed by atoms with van der Waals surface area (Å²) in [6, 6.07) is 12.5. The molecule has 0 spiro atoms. The van der Waals surface area contributed by atoms with Crippen LogP contribution < -0.4 is 11.5 Å². The molecular formula is C33H46N2O5. The Bertz CT molecular complexity index is 1070. The molecule has 3 rings (SSSR count). The van der Waals surface area contributed by atoms with Gasteiger partial charge in [-0.05, 0) is 86.1 Å². The van der Waals surface area contributed by atoms with Gasteiger partial charge in [0.25, 0.3) is 0 Å². The minimum absolute atomic E-state index is 0.0294. The van der Waals surface area contributed by atoms with Crippen molar-refractivity contribution in [2.45, 2.75) is 96.2 Å². The molecule has 4 N–H and O–H groups in total. The second-order valence-electron chi connectivity index (χ2n) is 10.7. The molecule has 0 radical (unpaired) electrons. The molecule has 218 valence electrons. The Balaban J connectivity index is 1.44. The van der Waals surface area contributed by atoms with Crippen LogP contribution >= 0.6 is 0 Å². The van der Waals surface area contributed by atoms with E-state index < -0.39 is 5.97 Å². The highest BCUT2D eigenvalue weighted by molar-refractivity contribution is 5.90. The van der Waals surface area contributed by atoms with Gasteiger partial charge in [0.1, 0.15) is 6.10 Å².